The maximum Gasteiger partial charge on any atom is 0.337 e. The van der Waals surface area contributed by atoms with Crippen molar-refractivity contribution >= 4 is 29.8 Å². The fourth-order valence-corrected chi connectivity index (χ4v) is 3.98. The lowest BCUT2D eigenvalue weighted by atomic mass is 9.95. The number of methoxy groups -OCH3 is 1. The number of hydrazone groups is 1. The summed E-state index contributed by atoms with van der Waals surface area (Å²) in [6.07, 6.45) is 0.313. The molecule has 0 radical (unpaired) electrons. The van der Waals surface area contributed by atoms with Gasteiger partial charge in [0.05, 0.1) is 37.7 Å². The number of rotatable bonds is 12. The van der Waals surface area contributed by atoms with Crippen LogP contribution >= 0.6 is 11.6 Å². The lowest BCUT2D eigenvalue weighted by Gasteiger charge is -2.28. The van der Waals surface area contributed by atoms with Crippen molar-refractivity contribution in [1.29, 1.82) is 0 Å². The van der Waals surface area contributed by atoms with E-state index in [1.54, 1.807) is 43.3 Å². The third kappa shape index (κ3) is 8.01. The van der Waals surface area contributed by atoms with Crippen molar-refractivity contribution in [3.8, 4) is 17.2 Å². The van der Waals surface area contributed by atoms with Crippen LogP contribution in [0.25, 0.3) is 0 Å². The lowest BCUT2D eigenvalue weighted by Crippen LogP contribution is -2.45. The Morgan fingerprint density at radius 2 is 1.92 bits per heavy atom. The van der Waals surface area contributed by atoms with Crippen LogP contribution in [0.15, 0.2) is 52.8 Å². The Bertz CT molecular complexity index is 1250. The number of aliphatic hydroxyl groups is 1. The van der Waals surface area contributed by atoms with Gasteiger partial charge in [0.25, 0.3) is 0 Å². The van der Waals surface area contributed by atoms with E-state index < -0.39 is 24.3 Å². The first-order valence-corrected chi connectivity index (χ1v) is 12.7. The molecule has 4 N–H and O–H groups in total. The molecule has 0 aromatic heterocycles. The minimum atomic E-state index is -1.15. The van der Waals surface area contributed by atoms with Crippen molar-refractivity contribution in [2.45, 2.75) is 46.1 Å². The first kappa shape index (κ1) is 29.6. The quantitative estimate of drug-likeness (QED) is 0.133. The molecule has 2 aromatic rings. The molecule has 11 nitrogen and oxygen atoms in total. The third-order valence-corrected chi connectivity index (χ3v) is 5.67. The van der Waals surface area contributed by atoms with Crippen LogP contribution in [-0.4, -0.2) is 56.0 Å². The number of nitrogens with one attached hydrogen (secondary N) is 3. The van der Waals surface area contributed by atoms with E-state index in [4.69, 9.17) is 30.5 Å². The van der Waals surface area contributed by atoms with Crippen LogP contribution in [0.4, 0.5) is 4.79 Å². The van der Waals surface area contributed by atoms with Gasteiger partial charge >= 0.3 is 12.0 Å². The second-order valence-corrected chi connectivity index (χ2v) is 9.20. The fourth-order valence-electron chi connectivity index (χ4n) is 3.80. The van der Waals surface area contributed by atoms with Crippen LogP contribution in [0.1, 0.15) is 44.9 Å². The second-order valence-electron chi connectivity index (χ2n) is 8.76. The van der Waals surface area contributed by atoms with E-state index >= 15 is 0 Å². The number of ether oxygens (including phenoxy) is 4. The Morgan fingerprint density at radius 1 is 1.18 bits per heavy atom. The van der Waals surface area contributed by atoms with Crippen LogP contribution in [0, 0.1) is 0 Å². The highest BCUT2D eigenvalue weighted by atomic mass is 35.5. The van der Waals surface area contributed by atoms with Gasteiger partial charge in [-0.1, -0.05) is 17.7 Å². The molecule has 0 unspecified atom stereocenters. The van der Waals surface area contributed by atoms with Gasteiger partial charge in [0, 0.05) is 16.3 Å². The predicted molar refractivity (Wildman–Crippen MR) is 146 cm³/mol. The number of benzene rings is 2. The van der Waals surface area contributed by atoms with Crippen molar-refractivity contribution < 1.29 is 33.6 Å². The SMILES string of the molecule is CCOc1cc([C@@H]2NC(=O)NC(C)=C2C(=O)OC)ccc1OC[C@@H](O)N/N=C/c1cc(Cl)ccc1OC(C)C. The number of allylic oxidation sites excluding steroid dienone is 1. The van der Waals surface area contributed by atoms with Crippen molar-refractivity contribution in [3.63, 3.8) is 0 Å². The van der Waals surface area contributed by atoms with E-state index in [1.807, 2.05) is 20.8 Å². The Hall–Kier alpha value is -3.96. The van der Waals surface area contributed by atoms with E-state index in [1.165, 1.54) is 13.3 Å². The summed E-state index contributed by atoms with van der Waals surface area (Å²) in [4.78, 5) is 24.5. The van der Waals surface area contributed by atoms with Gasteiger partial charge in [0.15, 0.2) is 17.7 Å². The molecular weight excluding hydrogens is 528 g/mol. The number of carbonyl (C=O) groups is 2. The first-order chi connectivity index (χ1) is 18.6. The van der Waals surface area contributed by atoms with Crippen LogP contribution in [-0.2, 0) is 9.53 Å². The number of nitrogens with zero attached hydrogens (tertiary/aromatic N) is 1. The Balaban J connectivity index is 1.71. The molecule has 0 aliphatic carbocycles. The van der Waals surface area contributed by atoms with E-state index in [-0.39, 0.29) is 18.3 Å². The molecule has 0 fully saturated rings. The largest absolute Gasteiger partial charge is 0.490 e. The molecule has 39 heavy (non-hydrogen) atoms. The molecule has 0 spiro atoms. The Labute approximate surface area is 232 Å². The number of halogens is 1. The molecule has 1 heterocycles. The number of carbonyl (C=O) groups excluding carboxylic acids is 2. The Kier molecular flexibility index (Phi) is 10.4. The Morgan fingerprint density at radius 3 is 2.62 bits per heavy atom. The molecule has 0 saturated heterocycles. The summed E-state index contributed by atoms with van der Waals surface area (Å²) in [5.41, 5.74) is 4.50. The zero-order valence-electron chi connectivity index (χ0n) is 22.4. The van der Waals surface area contributed by atoms with Gasteiger partial charge in [-0.05, 0) is 63.6 Å². The molecule has 1 aliphatic rings. The summed E-state index contributed by atoms with van der Waals surface area (Å²) in [5, 5.41) is 20.3. The second kappa shape index (κ2) is 13.7. The summed E-state index contributed by atoms with van der Waals surface area (Å²) in [6, 6.07) is 8.97. The normalized spacial score (nSPS) is 16.0. The molecule has 1 aliphatic heterocycles. The highest BCUT2D eigenvalue weighted by Crippen LogP contribution is 2.35. The maximum atomic E-state index is 12.4. The zero-order valence-corrected chi connectivity index (χ0v) is 23.2. The molecule has 210 valence electrons. The standard InChI is InChI=1S/C27H33ClN4O7/c1-6-37-22-12-17(25-24(26(34)36-5)16(4)30-27(35)31-25)7-9-21(22)38-14-23(33)32-29-13-18-11-19(28)8-10-20(18)39-15(2)3/h7-13,15,23,25,32-33H,6,14H2,1-5H3,(H2,30,31,35)/b29-13+/t23-,25+/m1/s1. The lowest BCUT2D eigenvalue weighted by molar-refractivity contribution is -0.136. The number of aliphatic hydroxyl groups excluding tert-OH is 1. The first-order valence-electron chi connectivity index (χ1n) is 12.3. The van der Waals surface area contributed by atoms with Crippen LogP contribution in [0.3, 0.4) is 0 Å². The van der Waals surface area contributed by atoms with Crippen LogP contribution in [0.5, 0.6) is 17.2 Å². The molecule has 0 bridgehead atoms. The molecular formula is C27H33ClN4O7. The molecule has 2 amide bonds. The topological polar surface area (TPSA) is 140 Å². The summed E-state index contributed by atoms with van der Waals surface area (Å²) >= 11 is 6.09. The van der Waals surface area contributed by atoms with Crippen LogP contribution < -0.4 is 30.3 Å². The van der Waals surface area contributed by atoms with Crippen LogP contribution in [0.2, 0.25) is 5.02 Å². The highest BCUT2D eigenvalue weighted by Gasteiger charge is 2.32. The van der Waals surface area contributed by atoms with Crippen molar-refractivity contribution in [2.75, 3.05) is 20.3 Å². The van der Waals surface area contributed by atoms with Gasteiger partial charge in [-0.15, -0.1) is 0 Å². The van der Waals surface area contributed by atoms with Gasteiger partial charge in [-0.2, -0.15) is 5.10 Å². The fraction of sp³-hybridized carbons (Fsp3) is 0.370. The van der Waals surface area contributed by atoms with Crippen molar-refractivity contribution in [1.82, 2.24) is 16.1 Å². The smallest absolute Gasteiger partial charge is 0.337 e. The van der Waals surface area contributed by atoms with E-state index in [0.29, 0.717) is 45.7 Å². The summed E-state index contributed by atoms with van der Waals surface area (Å²) in [5.74, 6) is 0.763. The molecule has 2 aromatic carbocycles. The maximum absolute atomic E-state index is 12.4. The van der Waals surface area contributed by atoms with Crippen molar-refractivity contribution in [2.24, 2.45) is 5.10 Å². The molecule has 3 rings (SSSR count). The van der Waals surface area contributed by atoms with Gasteiger partial charge in [0.2, 0.25) is 0 Å². The monoisotopic (exact) mass is 560 g/mol. The van der Waals surface area contributed by atoms with Crippen molar-refractivity contribution in [3.05, 3.63) is 63.8 Å². The number of hydrogen-bond donors (Lipinski definition) is 4. The predicted octanol–water partition coefficient (Wildman–Crippen LogP) is 3.65. The molecule has 2 atom stereocenters. The zero-order chi connectivity index (χ0) is 28.5. The number of urea groups is 1. The number of amides is 2. The number of hydrogen-bond acceptors (Lipinski definition) is 9. The van der Waals surface area contributed by atoms with E-state index in [2.05, 4.69) is 21.2 Å². The minimum absolute atomic E-state index is 0.0330. The summed E-state index contributed by atoms with van der Waals surface area (Å²) in [7, 11) is 1.27. The number of esters is 1. The summed E-state index contributed by atoms with van der Waals surface area (Å²) < 4.78 is 22.2. The minimum Gasteiger partial charge on any atom is -0.490 e. The average Bonchev–Trinajstić information content (AvgIpc) is 2.88. The third-order valence-electron chi connectivity index (χ3n) is 5.43. The molecule has 12 heteroatoms. The highest BCUT2D eigenvalue weighted by molar-refractivity contribution is 6.30. The van der Waals surface area contributed by atoms with Gasteiger partial charge in [0.1, 0.15) is 12.4 Å². The average molecular weight is 561 g/mol. The summed E-state index contributed by atoms with van der Waals surface area (Å²) in [6.45, 7) is 7.44. The van der Waals surface area contributed by atoms with Gasteiger partial charge in [-0.3, -0.25) is 5.43 Å². The van der Waals surface area contributed by atoms with E-state index in [0.717, 1.165) is 0 Å². The van der Waals surface area contributed by atoms with Gasteiger partial charge in [-0.25, -0.2) is 9.59 Å². The van der Waals surface area contributed by atoms with Gasteiger partial charge < -0.3 is 34.7 Å². The van der Waals surface area contributed by atoms with E-state index in [9.17, 15) is 14.7 Å². The molecule has 0 saturated carbocycles.